The molecule has 0 saturated carbocycles. The van der Waals surface area contributed by atoms with Crippen molar-refractivity contribution in [3.8, 4) is 6.07 Å². The summed E-state index contributed by atoms with van der Waals surface area (Å²) >= 11 is 0. The van der Waals surface area contributed by atoms with Gasteiger partial charge in [0.15, 0.2) is 5.76 Å². The number of rotatable bonds is 3. The molecule has 2 aromatic rings. The topological polar surface area (TPSA) is 71.1 Å². The molecule has 0 bridgehead atoms. The SMILES string of the molecule is Cc1c(C(=O)CC#N)oc2ccc(C=O)cc12. The molecule has 0 spiro atoms. The molecule has 0 unspecified atom stereocenters. The fourth-order valence-electron chi connectivity index (χ4n) is 1.73. The third-order valence-electron chi connectivity index (χ3n) is 2.59. The molecule has 84 valence electrons. The predicted molar refractivity (Wildman–Crippen MR) is 60.9 cm³/mol. The maximum Gasteiger partial charge on any atom is 0.212 e. The lowest BCUT2D eigenvalue weighted by Crippen LogP contribution is -1.96. The number of aldehydes is 1. The van der Waals surface area contributed by atoms with E-state index in [1.54, 1.807) is 31.2 Å². The number of ketones is 1. The lowest BCUT2D eigenvalue weighted by molar-refractivity contribution is 0.0972. The number of carbonyl (C=O) groups excluding carboxylic acids is 2. The van der Waals surface area contributed by atoms with Gasteiger partial charge in [-0.15, -0.1) is 0 Å². The van der Waals surface area contributed by atoms with Crippen molar-refractivity contribution >= 4 is 23.0 Å². The normalized spacial score (nSPS) is 10.1. The van der Waals surface area contributed by atoms with Crippen LogP contribution in [0.4, 0.5) is 0 Å². The second kappa shape index (κ2) is 4.22. The highest BCUT2D eigenvalue weighted by molar-refractivity contribution is 6.01. The molecule has 0 aliphatic carbocycles. The molecule has 0 fully saturated rings. The minimum absolute atomic E-state index is 0.199. The van der Waals surface area contributed by atoms with Crippen molar-refractivity contribution in [2.24, 2.45) is 0 Å². The molecule has 0 N–H and O–H groups in total. The van der Waals surface area contributed by atoms with Crippen molar-refractivity contribution in [1.82, 2.24) is 0 Å². The Balaban J connectivity index is 2.61. The zero-order valence-electron chi connectivity index (χ0n) is 9.19. The van der Waals surface area contributed by atoms with Gasteiger partial charge in [0.2, 0.25) is 5.78 Å². The number of fused-ring (bicyclic) bond motifs is 1. The third-order valence-corrected chi connectivity index (χ3v) is 2.59. The molecule has 0 amide bonds. The lowest BCUT2D eigenvalue weighted by atomic mass is 10.1. The van der Waals surface area contributed by atoms with Crippen LogP contribution in [0.15, 0.2) is 22.6 Å². The monoisotopic (exact) mass is 227 g/mol. The van der Waals surface area contributed by atoms with Crippen LogP contribution in [-0.4, -0.2) is 12.1 Å². The summed E-state index contributed by atoms with van der Waals surface area (Å²) < 4.78 is 5.40. The van der Waals surface area contributed by atoms with Crippen LogP contribution in [0.3, 0.4) is 0 Å². The lowest BCUT2D eigenvalue weighted by Gasteiger charge is -1.92. The summed E-state index contributed by atoms with van der Waals surface area (Å²) in [5, 5.41) is 9.22. The van der Waals surface area contributed by atoms with Crippen LogP contribution in [0.25, 0.3) is 11.0 Å². The molecule has 0 aliphatic rings. The van der Waals surface area contributed by atoms with E-state index in [2.05, 4.69) is 0 Å². The van der Waals surface area contributed by atoms with Gasteiger partial charge >= 0.3 is 0 Å². The summed E-state index contributed by atoms with van der Waals surface area (Å²) in [5.41, 5.74) is 1.75. The summed E-state index contributed by atoms with van der Waals surface area (Å²) in [6.07, 6.45) is 0.532. The maximum absolute atomic E-state index is 11.6. The van der Waals surface area contributed by atoms with E-state index in [-0.39, 0.29) is 18.0 Å². The number of aryl methyl sites for hydroxylation is 1. The van der Waals surface area contributed by atoms with Crippen LogP contribution < -0.4 is 0 Å². The van der Waals surface area contributed by atoms with Crippen LogP contribution in [0, 0.1) is 18.3 Å². The van der Waals surface area contributed by atoms with Gasteiger partial charge in [0.1, 0.15) is 18.3 Å². The first-order valence-corrected chi connectivity index (χ1v) is 5.06. The van der Waals surface area contributed by atoms with Gasteiger partial charge in [-0.3, -0.25) is 9.59 Å². The Hall–Kier alpha value is -2.41. The number of hydrogen-bond donors (Lipinski definition) is 0. The van der Waals surface area contributed by atoms with E-state index in [1.807, 2.05) is 0 Å². The van der Waals surface area contributed by atoms with E-state index < -0.39 is 0 Å². The van der Waals surface area contributed by atoms with E-state index in [4.69, 9.17) is 9.68 Å². The van der Waals surface area contributed by atoms with Gasteiger partial charge in [0.25, 0.3) is 0 Å². The molecule has 1 aromatic heterocycles. The van der Waals surface area contributed by atoms with Crippen molar-refractivity contribution in [2.75, 3.05) is 0 Å². The first-order valence-electron chi connectivity index (χ1n) is 5.06. The second-order valence-electron chi connectivity index (χ2n) is 3.69. The number of furan rings is 1. The number of hydrogen-bond acceptors (Lipinski definition) is 4. The molecule has 0 saturated heterocycles. The third kappa shape index (κ3) is 1.83. The van der Waals surface area contributed by atoms with Gasteiger partial charge in [-0.2, -0.15) is 5.26 Å². The molecule has 4 heteroatoms. The molecular formula is C13H9NO3. The minimum Gasteiger partial charge on any atom is -0.453 e. The van der Waals surface area contributed by atoms with E-state index in [0.717, 1.165) is 11.7 Å². The summed E-state index contributed by atoms with van der Waals surface area (Å²) in [6.45, 7) is 1.74. The van der Waals surface area contributed by atoms with Gasteiger partial charge in [-0.05, 0) is 25.1 Å². The maximum atomic E-state index is 11.6. The minimum atomic E-state index is -0.339. The molecule has 4 nitrogen and oxygen atoms in total. The highest BCUT2D eigenvalue weighted by Gasteiger charge is 2.17. The Kier molecular flexibility index (Phi) is 2.75. The summed E-state index contributed by atoms with van der Waals surface area (Å²) in [6, 6.07) is 6.74. The van der Waals surface area contributed by atoms with Crippen LogP contribution in [0.5, 0.6) is 0 Å². The first-order chi connectivity index (χ1) is 8.17. The number of Topliss-reactive ketones (excluding diaryl/α,β-unsaturated/α-hetero) is 1. The largest absolute Gasteiger partial charge is 0.453 e. The molecular weight excluding hydrogens is 218 g/mol. The van der Waals surface area contributed by atoms with Crippen LogP contribution in [-0.2, 0) is 0 Å². The molecule has 17 heavy (non-hydrogen) atoms. The smallest absolute Gasteiger partial charge is 0.212 e. The Bertz CT molecular complexity index is 646. The van der Waals surface area contributed by atoms with Gasteiger partial charge in [0, 0.05) is 16.5 Å². The van der Waals surface area contributed by atoms with E-state index in [1.165, 1.54) is 0 Å². The Morgan fingerprint density at radius 2 is 2.29 bits per heavy atom. The van der Waals surface area contributed by atoms with E-state index in [9.17, 15) is 9.59 Å². The number of nitrogens with zero attached hydrogens (tertiary/aromatic N) is 1. The number of nitriles is 1. The first kappa shape index (κ1) is 11.1. The zero-order valence-corrected chi connectivity index (χ0v) is 9.19. The fraction of sp³-hybridized carbons (Fsp3) is 0.154. The summed E-state index contributed by atoms with van der Waals surface area (Å²) in [5.74, 6) is -0.140. The van der Waals surface area contributed by atoms with Crippen molar-refractivity contribution in [1.29, 1.82) is 5.26 Å². The van der Waals surface area contributed by atoms with Crippen molar-refractivity contribution < 1.29 is 14.0 Å². The fourth-order valence-corrected chi connectivity index (χ4v) is 1.73. The highest BCUT2D eigenvalue weighted by Crippen LogP contribution is 2.26. The van der Waals surface area contributed by atoms with Crippen molar-refractivity contribution in [3.63, 3.8) is 0 Å². The highest BCUT2D eigenvalue weighted by atomic mass is 16.3. The molecule has 2 rings (SSSR count). The molecule has 0 radical (unpaired) electrons. The number of carbonyl (C=O) groups is 2. The van der Waals surface area contributed by atoms with Gasteiger partial charge in [-0.1, -0.05) is 0 Å². The van der Waals surface area contributed by atoms with Crippen LogP contribution in [0.1, 0.15) is 32.9 Å². The Morgan fingerprint density at radius 3 is 2.94 bits per heavy atom. The van der Waals surface area contributed by atoms with Gasteiger partial charge in [-0.25, -0.2) is 0 Å². The predicted octanol–water partition coefficient (Wildman–Crippen LogP) is 2.65. The summed E-state index contributed by atoms with van der Waals surface area (Å²) in [4.78, 5) is 22.3. The van der Waals surface area contributed by atoms with Crippen molar-refractivity contribution in [2.45, 2.75) is 13.3 Å². The number of benzene rings is 1. The van der Waals surface area contributed by atoms with E-state index >= 15 is 0 Å². The average Bonchev–Trinajstić information content (AvgIpc) is 2.67. The van der Waals surface area contributed by atoms with Gasteiger partial charge < -0.3 is 4.42 Å². The molecule has 1 heterocycles. The standard InChI is InChI=1S/C13H9NO3/c1-8-10-6-9(7-15)2-3-12(10)17-13(8)11(16)4-5-14/h2-3,6-7H,4H2,1H3. The van der Waals surface area contributed by atoms with Crippen molar-refractivity contribution in [3.05, 3.63) is 35.1 Å². The Morgan fingerprint density at radius 1 is 1.53 bits per heavy atom. The van der Waals surface area contributed by atoms with E-state index in [0.29, 0.717) is 16.7 Å². The molecule has 0 atom stereocenters. The Labute approximate surface area is 97.4 Å². The summed E-state index contributed by atoms with van der Waals surface area (Å²) in [7, 11) is 0. The molecule has 1 aromatic carbocycles. The zero-order chi connectivity index (χ0) is 12.4. The van der Waals surface area contributed by atoms with Gasteiger partial charge in [0.05, 0.1) is 6.07 Å². The average molecular weight is 227 g/mol. The second-order valence-corrected chi connectivity index (χ2v) is 3.69. The van der Waals surface area contributed by atoms with Crippen LogP contribution >= 0.6 is 0 Å². The van der Waals surface area contributed by atoms with Crippen LogP contribution in [0.2, 0.25) is 0 Å². The quantitative estimate of drug-likeness (QED) is 0.597. The molecule has 0 aliphatic heterocycles.